The Bertz CT molecular complexity index is 223. The van der Waals surface area contributed by atoms with Crippen molar-refractivity contribution in [3.05, 3.63) is 0 Å². The summed E-state index contributed by atoms with van der Waals surface area (Å²) in [6.07, 6.45) is 5.97. The summed E-state index contributed by atoms with van der Waals surface area (Å²) in [5.41, 5.74) is 0. The van der Waals surface area contributed by atoms with E-state index in [0.29, 0.717) is 0 Å². The molecule has 3 rings (SSSR count). The van der Waals surface area contributed by atoms with Gasteiger partial charge in [-0.3, -0.25) is 4.90 Å². The largest absolute Gasteiger partial charge is 0.316 e. The van der Waals surface area contributed by atoms with Crippen molar-refractivity contribution in [3.8, 4) is 0 Å². The molecule has 0 aromatic rings. The van der Waals surface area contributed by atoms with Crippen LogP contribution in [-0.2, 0) is 0 Å². The van der Waals surface area contributed by atoms with Crippen LogP contribution in [0.25, 0.3) is 0 Å². The van der Waals surface area contributed by atoms with Crippen molar-refractivity contribution in [2.24, 2.45) is 17.8 Å². The maximum Gasteiger partial charge on any atom is 0.0111 e. The van der Waals surface area contributed by atoms with Crippen LogP contribution in [0.4, 0.5) is 0 Å². The molecule has 3 aliphatic rings. The van der Waals surface area contributed by atoms with Gasteiger partial charge < -0.3 is 5.32 Å². The second-order valence-electron chi connectivity index (χ2n) is 5.93. The Hall–Kier alpha value is -0.0800. The normalized spacial score (nSPS) is 42.6. The van der Waals surface area contributed by atoms with Gasteiger partial charge in [-0.2, -0.15) is 0 Å². The minimum Gasteiger partial charge on any atom is -0.316 e. The molecule has 0 aromatic carbocycles. The Kier molecular flexibility index (Phi) is 2.73. The summed E-state index contributed by atoms with van der Waals surface area (Å²) < 4.78 is 0. The molecule has 2 heterocycles. The van der Waals surface area contributed by atoms with Crippen LogP contribution in [-0.4, -0.2) is 37.1 Å². The van der Waals surface area contributed by atoms with Crippen molar-refractivity contribution >= 4 is 0 Å². The maximum atomic E-state index is 3.54. The van der Waals surface area contributed by atoms with Crippen molar-refractivity contribution in [3.63, 3.8) is 0 Å². The van der Waals surface area contributed by atoms with Crippen molar-refractivity contribution in [1.29, 1.82) is 0 Å². The minimum absolute atomic E-state index is 0.839. The lowest BCUT2D eigenvalue weighted by Crippen LogP contribution is -2.36. The van der Waals surface area contributed by atoms with E-state index in [1.807, 2.05) is 0 Å². The molecule has 2 aliphatic heterocycles. The van der Waals surface area contributed by atoms with E-state index >= 15 is 0 Å². The van der Waals surface area contributed by atoms with Gasteiger partial charge in [0.1, 0.15) is 0 Å². The Labute approximate surface area is 93.4 Å². The fourth-order valence-corrected chi connectivity index (χ4v) is 4.02. The summed E-state index contributed by atoms with van der Waals surface area (Å²) in [6, 6.07) is 0.839. The molecule has 1 saturated carbocycles. The van der Waals surface area contributed by atoms with Crippen molar-refractivity contribution in [2.75, 3.05) is 26.2 Å². The summed E-state index contributed by atoms with van der Waals surface area (Å²) in [5.74, 6) is 2.94. The van der Waals surface area contributed by atoms with Crippen LogP contribution >= 0.6 is 0 Å². The molecule has 1 N–H and O–H groups in total. The van der Waals surface area contributed by atoms with Gasteiger partial charge in [0.2, 0.25) is 0 Å². The Morgan fingerprint density at radius 3 is 2.73 bits per heavy atom. The van der Waals surface area contributed by atoms with Crippen LogP contribution in [0.15, 0.2) is 0 Å². The van der Waals surface area contributed by atoms with Crippen LogP contribution in [0, 0.1) is 17.8 Å². The summed E-state index contributed by atoms with van der Waals surface area (Å²) >= 11 is 0. The third-order valence-corrected chi connectivity index (χ3v) is 5.02. The fourth-order valence-electron chi connectivity index (χ4n) is 4.02. The third kappa shape index (κ3) is 1.83. The van der Waals surface area contributed by atoms with Gasteiger partial charge in [-0.25, -0.2) is 0 Å². The predicted octanol–water partition coefficient (Wildman–Crippen LogP) is 1.72. The van der Waals surface area contributed by atoms with Crippen LogP contribution in [0.3, 0.4) is 0 Å². The minimum atomic E-state index is 0.839. The lowest BCUT2D eigenvalue weighted by atomic mass is 9.95. The monoisotopic (exact) mass is 208 g/mol. The van der Waals surface area contributed by atoms with E-state index in [-0.39, 0.29) is 0 Å². The molecule has 2 nitrogen and oxygen atoms in total. The van der Waals surface area contributed by atoms with Gasteiger partial charge in [0.05, 0.1) is 0 Å². The molecular weight excluding hydrogens is 184 g/mol. The fraction of sp³-hybridized carbons (Fsp3) is 1.00. The SMILES string of the molecule is CC1C2CNCC2CN1CC1CCCC1. The average molecular weight is 208 g/mol. The van der Waals surface area contributed by atoms with E-state index in [4.69, 9.17) is 0 Å². The Morgan fingerprint density at radius 2 is 2.00 bits per heavy atom. The standard InChI is InChI=1S/C13H24N2/c1-10-13-7-14-6-12(13)9-15(10)8-11-4-2-3-5-11/h10-14H,2-9H2,1H3. The molecule has 1 aliphatic carbocycles. The number of fused-ring (bicyclic) bond motifs is 1. The number of rotatable bonds is 2. The van der Waals surface area contributed by atoms with Gasteiger partial charge in [0.25, 0.3) is 0 Å². The smallest absolute Gasteiger partial charge is 0.0111 e. The van der Waals surface area contributed by atoms with E-state index in [1.165, 1.54) is 51.9 Å². The molecular formula is C13H24N2. The average Bonchev–Trinajstić information content (AvgIpc) is 2.89. The number of hydrogen-bond acceptors (Lipinski definition) is 2. The maximum absolute atomic E-state index is 3.54. The summed E-state index contributed by atoms with van der Waals surface area (Å²) in [4.78, 5) is 2.78. The first kappa shape index (κ1) is 10.1. The van der Waals surface area contributed by atoms with Crippen molar-refractivity contribution in [2.45, 2.75) is 38.6 Å². The van der Waals surface area contributed by atoms with Gasteiger partial charge in [-0.05, 0) is 50.6 Å². The highest BCUT2D eigenvalue weighted by Crippen LogP contribution is 2.35. The first-order valence-electron chi connectivity index (χ1n) is 6.79. The molecule has 3 fully saturated rings. The first-order valence-corrected chi connectivity index (χ1v) is 6.79. The van der Waals surface area contributed by atoms with E-state index in [2.05, 4.69) is 17.1 Å². The topological polar surface area (TPSA) is 15.3 Å². The molecule has 15 heavy (non-hydrogen) atoms. The van der Waals surface area contributed by atoms with Gasteiger partial charge >= 0.3 is 0 Å². The zero-order valence-corrected chi connectivity index (χ0v) is 9.91. The highest BCUT2D eigenvalue weighted by Gasteiger charge is 2.42. The number of hydrogen-bond donors (Lipinski definition) is 1. The van der Waals surface area contributed by atoms with Crippen LogP contribution in [0.2, 0.25) is 0 Å². The third-order valence-electron chi connectivity index (χ3n) is 5.02. The lowest BCUT2D eigenvalue weighted by molar-refractivity contribution is 0.204. The highest BCUT2D eigenvalue weighted by molar-refractivity contribution is 4.97. The molecule has 86 valence electrons. The van der Waals surface area contributed by atoms with E-state index in [9.17, 15) is 0 Å². The Morgan fingerprint density at radius 1 is 1.20 bits per heavy atom. The van der Waals surface area contributed by atoms with Crippen LogP contribution < -0.4 is 5.32 Å². The summed E-state index contributed by atoms with van der Waals surface area (Å²) in [6.45, 7) is 7.76. The van der Waals surface area contributed by atoms with Gasteiger partial charge in [-0.15, -0.1) is 0 Å². The molecule has 0 amide bonds. The zero-order chi connectivity index (χ0) is 10.3. The number of likely N-dealkylation sites (tertiary alicyclic amines) is 1. The lowest BCUT2D eigenvalue weighted by Gasteiger charge is -2.27. The van der Waals surface area contributed by atoms with E-state index < -0.39 is 0 Å². The molecule has 2 saturated heterocycles. The zero-order valence-electron chi connectivity index (χ0n) is 9.91. The van der Waals surface area contributed by atoms with Crippen LogP contribution in [0.1, 0.15) is 32.6 Å². The summed E-state index contributed by atoms with van der Waals surface area (Å²) in [7, 11) is 0. The quantitative estimate of drug-likeness (QED) is 0.743. The van der Waals surface area contributed by atoms with Crippen LogP contribution in [0.5, 0.6) is 0 Å². The molecule has 2 heteroatoms. The molecule has 0 radical (unpaired) electrons. The number of nitrogens with zero attached hydrogens (tertiary/aromatic N) is 1. The summed E-state index contributed by atoms with van der Waals surface area (Å²) in [5, 5.41) is 3.54. The molecule has 3 unspecified atom stereocenters. The van der Waals surface area contributed by atoms with E-state index in [0.717, 1.165) is 23.8 Å². The molecule has 0 aromatic heterocycles. The van der Waals surface area contributed by atoms with Crippen molar-refractivity contribution < 1.29 is 0 Å². The molecule has 3 atom stereocenters. The second kappa shape index (κ2) is 4.06. The number of nitrogens with one attached hydrogen (secondary N) is 1. The Balaban J connectivity index is 1.58. The molecule has 0 spiro atoms. The van der Waals surface area contributed by atoms with Gasteiger partial charge in [0, 0.05) is 19.1 Å². The highest BCUT2D eigenvalue weighted by atomic mass is 15.2. The van der Waals surface area contributed by atoms with Gasteiger partial charge in [-0.1, -0.05) is 12.8 Å². The first-order chi connectivity index (χ1) is 7.34. The van der Waals surface area contributed by atoms with Crippen molar-refractivity contribution in [1.82, 2.24) is 10.2 Å². The second-order valence-corrected chi connectivity index (χ2v) is 5.93. The predicted molar refractivity (Wildman–Crippen MR) is 62.8 cm³/mol. The molecule has 0 bridgehead atoms. The van der Waals surface area contributed by atoms with E-state index in [1.54, 1.807) is 0 Å². The van der Waals surface area contributed by atoms with Gasteiger partial charge in [0.15, 0.2) is 0 Å².